The van der Waals surface area contributed by atoms with E-state index >= 15 is 0 Å². The molecular weight excluding hydrogens is 374 g/mol. The van der Waals surface area contributed by atoms with Gasteiger partial charge in [-0.15, -0.1) is 0 Å². The lowest BCUT2D eigenvalue weighted by atomic mass is 10.1. The van der Waals surface area contributed by atoms with Gasteiger partial charge in [0.15, 0.2) is 5.82 Å². The molecule has 1 atom stereocenters. The quantitative estimate of drug-likeness (QED) is 0.568. The van der Waals surface area contributed by atoms with E-state index in [1.165, 1.54) is 0 Å². The Morgan fingerprint density at radius 2 is 2.10 bits per heavy atom. The molecule has 10 nitrogen and oxygen atoms in total. The monoisotopic (exact) mass is 399 g/mol. The summed E-state index contributed by atoms with van der Waals surface area (Å²) in [6, 6.07) is 5.73. The van der Waals surface area contributed by atoms with Crippen LogP contribution in [0.25, 0.3) is 11.3 Å². The van der Waals surface area contributed by atoms with Crippen LogP contribution >= 0.6 is 0 Å². The molecule has 3 aromatic rings. The predicted molar refractivity (Wildman–Crippen MR) is 109 cm³/mol. The summed E-state index contributed by atoms with van der Waals surface area (Å²) in [5.41, 5.74) is 2.42. The number of nitrogens with one attached hydrogen (secondary N) is 3. The van der Waals surface area contributed by atoms with Crippen LogP contribution < -0.4 is 20.1 Å². The summed E-state index contributed by atoms with van der Waals surface area (Å²) < 4.78 is 11.3. The summed E-state index contributed by atoms with van der Waals surface area (Å²) in [5.74, 6) is 2.30. The summed E-state index contributed by atoms with van der Waals surface area (Å²) in [4.78, 5) is 13.1. The van der Waals surface area contributed by atoms with Gasteiger partial charge in [-0.25, -0.2) is 4.98 Å². The Bertz CT molecular complexity index is 941. The van der Waals surface area contributed by atoms with Crippen LogP contribution in [0.5, 0.6) is 11.8 Å². The first-order valence-corrected chi connectivity index (χ1v) is 9.25. The second kappa shape index (κ2) is 9.30. The van der Waals surface area contributed by atoms with Gasteiger partial charge in [0.25, 0.3) is 0 Å². The number of nitrogens with zero attached hydrogens (tertiary/aromatic N) is 4. The molecule has 1 aliphatic rings. The summed E-state index contributed by atoms with van der Waals surface area (Å²) in [6.45, 7) is 3.78. The minimum atomic E-state index is 0. The van der Waals surface area contributed by atoms with E-state index in [-0.39, 0.29) is 11.6 Å². The molecule has 4 heterocycles. The highest BCUT2D eigenvalue weighted by molar-refractivity contribution is 5.69. The Hall–Kier alpha value is -3.24. The number of rotatable bonds is 6. The lowest BCUT2D eigenvalue weighted by Crippen LogP contribution is -2.37. The Morgan fingerprint density at radius 3 is 2.90 bits per heavy atom. The Balaban J connectivity index is 0.00000240. The van der Waals surface area contributed by atoms with Crippen molar-refractivity contribution in [2.75, 3.05) is 25.5 Å². The molecule has 0 saturated carbocycles. The van der Waals surface area contributed by atoms with Crippen molar-refractivity contribution in [1.82, 2.24) is 30.5 Å². The zero-order valence-electron chi connectivity index (χ0n) is 16.4. The van der Waals surface area contributed by atoms with Crippen molar-refractivity contribution in [3.05, 3.63) is 36.3 Å². The molecule has 1 aliphatic heterocycles. The molecule has 0 spiro atoms. The number of pyridine rings is 1. The standard InChI is InChI=1S/C19H23N7O2.H2O/c1-12-5-6-14(19(22-12)27-2)15-8-16(26-25-15)23-17-10-21-11-18(24-17)28-13-4-3-7-20-9-13;/h5-6,8,10-11,13,20H,3-4,7,9H2,1-2H3,(H2,23,24,25,26);1H2. The lowest BCUT2D eigenvalue weighted by Gasteiger charge is -2.23. The lowest BCUT2D eigenvalue weighted by molar-refractivity contribution is 0.160. The van der Waals surface area contributed by atoms with Crippen LogP contribution in [0.3, 0.4) is 0 Å². The van der Waals surface area contributed by atoms with E-state index < -0.39 is 0 Å². The fraction of sp³-hybridized carbons (Fsp3) is 0.368. The van der Waals surface area contributed by atoms with Gasteiger partial charge < -0.3 is 25.6 Å². The molecule has 3 aromatic heterocycles. The molecule has 0 bridgehead atoms. The van der Waals surface area contributed by atoms with Crippen LogP contribution in [-0.2, 0) is 0 Å². The zero-order valence-corrected chi connectivity index (χ0v) is 16.4. The van der Waals surface area contributed by atoms with E-state index in [1.54, 1.807) is 19.5 Å². The molecule has 1 unspecified atom stereocenters. The van der Waals surface area contributed by atoms with Crippen molar-refractivity contribution in [3.8, 4) is 23.0 Å². The van der Waals surface area contributed by atoms with E-state index in [2.05, 4.69) is 35.8 Å². The van der Waals surface area contributed by atoms with Crippen molar-refractivity contribution in [2.45, 2.75) is 25.9 Å². The third kappa shape index (κ3) is 4.98. The number of aromatic amines is 1. The third-order valence-corrected chi connectivity index (χ3v) is 4.46. The van der Waals surface area contributed by atoms with Crippen LogP contribution in [0.2, 0.25) is 0 Å². The number of aryl methyl sites for hydroxylation is 1. The third-order valence-electron chi connectivity index (χ3n) is 4.46. The fourth-order valence-electron chi connectivity index (χ4n) is 3.10. The van der Waals surface area contributed by atoms with E-state index in [1.807, 2.05) is 25.1 Å². The molecule has 1 saturated heterocycles. The van der Waals surface area contributed by atoms with Gasteiger partial charge in [0.2, 0.25) is 11.8 Å². The smallest absolute Gasteiger partial charge is 0.234 e. The van der Waals surface area contributed by atoms with Crippen LogP contribution in [0, 0.1) is 6.92 Å². The van der Waals surface area contributed by atoms with Gasteiger partial charge >= 0.3 is 0 Å². The number of methoxy groups -OCH3 is 1. The molecule has 0 aromatic carbocycles. The first-order valence-electron chi connectivity index (χ1n) is 9.25. The highest BCUT2D eigenvalue weighted by Crippen LogP contribution is 2.29. The largest absolute Gasteiger partial charge is 0.480 e. The molecule has 5 N–H and O–H groups in total. The van der Waals surface area contributed by atoms with E-state index in [0.717, 1.165) is 42.9 Å². The topological polar surface area (TPSA) is 141 Å². The maximum atomic E-state index is 5.92. The van der Waals surface area contributed by atoms with Gasteiger partial charge in [0.1, 0.15) is 11.9 Å². The number of hydrogen-bond donors (Lipinski definition) is 3. The molecule has 0 amide bonds. The van der Waals surface area contributed by atoms with Crippen molar-refractivity contribution < 1.29 is 14.9 Å². The van der Waals surface area contributed by atoms with Gasteiger partial charge in [0, 0.05) is 18.3 Å². The second-order valence-corrected chi connectivity index (χ2v) is 6.63. The molecule has 29 heavy (non-hydrogen) atoms. The predicted octanol–water partition coefficient (Wildman–Crippen LogP) is 1.63. The van der Waals surface area contributed by atoms with Crippen molar-refractivity contribution in [2.24, 2.45) is 0 Å². The number of aromatic nitrogens is 5. The first-order chi connectivity index (χ1) is 13.7. The van der Waals surface area contributed by atoms with Crippen molar-refractivity contribution >= 4 is 11.6 Å². The SMILES string of the molecule is COc1nc(C)ccc1-c1cc(Nc2cncc(OC3CCCNC3)n2)[nH]n1.O. The molecule has 154 valence electrons. The van der Waals surface area contributed by atoms with Crippen LogP contribution in [0.4, 0.5) is 11.6 Å². The average molecular weight is 399 g/mol. The van der Waals surface area contributed by atoms with Gasteiger partial charge in [-0.05, 0) is 38.4 Å². The fourth-order valence-corrected chi connectivity index (χ4v) is 3.10. The molecule has 10 heteroatoms. The summed E-state index contributed by atoms with van der Waals surface area (Å²) in [5, 5.41) is 13.8. The molecule has 0 aliphatic carbocycles. The molecule has 4 rings (SSSR count). The zero-order chi connectivity index (χ0) is 19.3. The summed E-state index contributed by atoms with van der Waals surface area (Å²) in [6.07, 6.45) is 5.51. The van der Waals surface area contributed by atoms with Crippen molar-refractivity contribution in [3.63, 3.8) is 0 Å². The molecule has 0 radical (unpaired) electrons. The van der Waals surface area contributed by atoms with Gasteiger partial charge in [0.05, 0.1) is 30.8 Å². The molecule has 1 fully saturated rings. The summed E-state index contributed by atoms with van der Waals surface area (Å²) in [7, 11) is 1.60. The number of H-pyrrole nitrogens is 1. The normalized spacial score (nSPS) is 16.0. The van der Waals surface area contributed by atoms with Crippen LogP contribution in [0.1, 0.15) is 18.5 Å². The van der Waals surface area contributed by atoms with E-state index in [9.17, 15) is 0 Å². The first kappa shape index (κ1) is 20.5. The van der Waals surface area contributed by atoms with Gasteiger partial charge in [-0.3, -0.25) is 10.1 Å². The van der Waals surface area contributed by atoms with Gasteiger partial charge in [-0.1, -0.05) is 0 Å². The van der Waals surface area contributed by atoms with Gasteiger partial charge in [-0.2, -0.15) is 10.1 Å². The minimum absolute atomic E-state index is 0. The minimum Gasteiger partial charge on any atom is -0.480 e. The maximum absolute atomic E-state index is 5.92. The van der Waals surface area contributed by atoms with Crippen LogP contribution in [0.15, 0.2) is 30.6 Å². The van der Waals surface area contributed by atoms with E-state index in [0.29, 0.717) is 23.4 Å². The maximum Gasteiger partial charge on any atom is 0.234 e. The van der Waals surface area contributed by atoms with Crippen LogP contribution in [-0.4, -0.2) is 56.9 Å². The second-order valence-electron chi connectivity index (χ2n) is 6.63. The number of piperidine rings is 1. The Morgan fingerprint density at radius 1 is 1.21 bits per heavy atom. The average Bonchev–Trinajstić information content (AvgIpc) is 3.17. The Labute approximate surface area is 168 Å². The highest BCUT2D eigenvalue weighted by atomic mass is 16.5. The number of ether oxygens (including phenoxy) is 2. The molecular formula is C19H25N7O3. The van der Waals surface area contributed by atoms with Crippen molar-refractivity contribution in [1.29, 1.82) is 0 Å². The number of hydrogen-bond acceptors (Lipinski definition) is 8. The summed E-state index contributed by atoms with van der Waals surface area (Å²) >= 11 is 0. The highest BCUT2D eigenvalue weighted by Gasteiger charge is 2.16. The Kier molecular flexibility index (Phi) is 6.57. The van der Waals surface area contributed by atoms with E-state index in [4.69, 9.17) is 9.47 Å². The number of anilines is 2.